The van der Waals surface area contributed by atoms with Gasteiger partial charge in [-0.1, -0.05) is 277 Å². The van der Waals surface area contributed by atoms with Crippen LogP contribution in [0.1, 0.15) is 35.1 Å². The number of aromatic amines is 2. The van der Waals surface area contributed by atoms with E-state index in [0.29, 0.717) is 15.6 Å². The number of barbiturate groups is 1. The number of carboxylic acid groups (broad SMARTS) is 1. The molecule has 9 nitrogen and oxygen atoms in total. The molecule has 1 unspecified atom stereocenters. The maximum absolute atomic E-state index is 13.5. The minimum absolute atomic E-state index is 0.440. The van der Waals surface area contributed by atoms with Crippen LogP contribution in [0.2, 0.25) is 15.1 Å². The number of fused-ring (bicyclic) bond motifs is 7. The molecule has 496 valence electrons. The summed E-state index contributed by atoms with van der Waals surface area (Å²) in [5.41, 5.74) is 27.4. The third-order valence-corrected chi connectivity index (χ3v) is 20.5. The Morgan fingerprint density at radius 2 is 0.804 bits per heavy atom. The summed E-state index contributed by atoms with van der Waals surface area (Å²) in [7, 11) is 2.80. The number of benzene rings is 13. The molecule has 2 aromatic heterocycles. The molecule has 3 N–H and O–H groups in total. The van der Waals surface area contributed by atoms with E-state index in [1.54, 1.807) is 6.07 Å². The lowest BCUT2D eigenvalue weighted by atomic mass is 9.78. The van der Waals surface area contributed by atoms with E-state index in [4.69, 9.17) is 44.7 Å². The Bertz CT molecular complexity index is 5760. The zero-order valence-corrected chi connectivity index (χ0v) is 58.0. The van der Waals surface area contributed by atoms with Crippen LogP contribution >= 0.6 is 34.8 Å². The van der Waals surface area contributed by atoms with Gasteiger partial charge >= 0.3 is 6.03 Å². The molecule has 0 saturated carbocycles. The van der Waals surface area contributed by atoms with Crippen LogP contribution in [0.3, 0.4) is 0 Å². The maximum atomic E-state index is 13.5. The first-order valence-corrected chi connectivity index (χ1v) is 34.7. The Kier molecular flexibility index (Phi) is 18.2. The molecule has 15 aromatic rings. The molecule has 2 aliphatic rings. The first kappa shape index (κ1) is 66.1. The van der Waals surface area contributed by atoms with Crippen molar-refractivity contribution in [3.8, 4) is 100 Å². The number of hydrogen-bond donors (Lipinski definition) is 3. The molecule has 1 saturated heterocycles. The van der Waals surface area contributed by atoms with Crippen molar-refractivity contribution in [1.82, 2.24) is 19.8 Å². The number of urea groups is 1. The van der Waals surface area contributed by atoms with E-state index in [1.807, 2.05) is 85.1 Å². The normalized spacial score (nSPS) is 13.0. The maximum Gasteiger partial charge on any atom is 0.332 e. The molecule has 0 radical (unpaired) electrons. The van der Waals surface area contributed by atoms with Crippen molar-refractivity contribution in [1.29, 1.82) is 0 Å². The number of carbonyl (C=O) groups excluding carboxylic acids is 3. The number of halogens is 3. The highest BCUT2D eigenvalue weighted by molar-refractivity contribution is 6.36. The Morgan fingerprint density at radius 1 is 0.412 bits per heavy atom. The predicted molar refractivity (Wildman–Crippen MR) is 417 cm³/mol. The standard InChI is InChI=1S/C55H35Cl2N.C33H26ClN3O3.C2H4O2/c56-48-25-13-11-23-43(48)51-47-33-38-28-27-36(41-21-9-7-19-39(41)34-15-3-1-4-16-34)31-45(38)52(47)53(44-24-12-14-26-49(44)57)55-54(51)46-32-37(29-30-50(46)58-55)42-22-10-8-20-40(42)35-17-5-2-6-18-35;1-36-31(38)30(32(39)37(2)33(36)40)29(24-14-8-9-15-27(24)34)26-19-35-28-17-16-21(18-25(26)28)23-13-7-6-12-22(23)20-10-4-3-5-11-20;1-2(3)4/h1-32,58H,33H2;3-19,29-30,35H,1-2H3;1H3,(H,3,4). The molecular formula is C90H65Cl3N4O5. The summed E-state index contributed by atoms with van der Waals surface area (Å²) in [5.74, 6) is -3.83. The summed E-state index contributed by atoms with van der Waals surface area (Å²) in [6, 6.07) is 100. The molecule has 1 aliphatic heterocycles. The number of hydrogen-bond acceptors (Lipinski definition) is 4. The van der Waals surface area contributed by atoms with E-state index in [9.17, 15) is 14.4 Å². The predicted octanol–water partition coefficient (Wildman–Crippen LogP) is 23.2. The molecule has 13 aromatic carbocycles. The van der Waals surface area contributed by atoms with Crippen molar-refractivity contribution < 1.29 is 24.3 Å². The number of carbonyl (C=O) groups is 4. The Labute approximate surface area is 605 Å². The van der Waals surface area contributed by atoms with Crippen LogP contribution in [0.15, 0.2) is 297 Å². The number of imide groups is 2. The lowest BCUT2D eigenvalue weighted by Gasteiger charge is -2.37. The molecule has 1 atom stereocenters. The minimum atomic E-state index is -1.16. The van der Waals surface area contributed by atoms with Crippen LogP contribution in [-0.2, 0) is 20.8 Å². The number of carboxylic acids is 1. The number of H-pyrrole nitrogens is 2. The van der Waals surface area contributed by atoms with Gasteiger partial charge in [0.1, 0.15) is 5.92 Å². The SMILES string of the molecule is CC(=O)O.CN1C(=O)C(C(c2ccccc2Cl)c2c[nH]c3ccc(-c4ccccc4-c4ccccc4)cc23)C(=O)N(C)C1=O.Clc1ccccc1-c1c2c(c(-c3ccccc3Cl)c3c1[nH]c1ccc(-c4ccccc4-c4ccccc4)cc13)Cc1ccc(-c3ccccc3-c3ccccc3)cc1-2. The molecule has 17 rings (SSSR count). The van der Waals surface area contributed by atoms with Gasteiger partial charge in [-0.3, -0.25) is 24.2 Å². The van der Waals surface area contributed by atoms with E-state index in [1.165, 1.54) is 75.3 Å². The van der Waals surface area contributed by atoms with Gasteiger partial charge in [-0.05, 0) is 161 Å². The van der Waals surface area contributed by atoms with Crippen molar-refractivity contribution in [3.05, 3.63) is 335 Å². The molecule has 1 aliphatic carbocycles. The van der Waals surface area contributed by atoms with Crippen LogP contribution in [0.5, 0.6) is 0 Å². The van der Waals surface area contributed by atoms with E-state index in [0.717, 1.165) is 117 Å². The molecule has 3 heterocycles. The van der Waals surface area contributed by atoms with Gasteiger partial charge < -0.3 is 15.1 Å². The van der Waals surface area contributed by atoms with E-state index >= 15 is 0 Å². The Hall–Kier alpha value is -11.9. The molecule has 4 amide bonds. The third kappa shape index (κ3) is 12.2. The number of rotatable bonds is 11. The lowest BCUT2D eigenvalue weighted by molar-refractivity contribution is -0.148. The quantitative estimate of drug-likeness (QED) is 0.111. The first-order valence-electron chi connectivity index (χ1n) is 33.6. The average molecular weight is 1390 g/mol. The average Bonchev–Trinajstić information content (AvgIpc) is 1.53. The molecule has 12 heteroatoms. The second-order valence-corrected chi connectivity index (χ2v) is 26.8. The van der Waals surface area contributed by atoms with Gasteiger partial charge in [0, 0.05) is 92.1 Å². The number of aliphatic carboxylic acids is 1. The van der Waals surface area contributed by atoms with E-state index in [-0.39, 0.29) is 0 Å². The minimum Gasteiger partial charge on any atom is -0.481 e. The van der Waals surface area contributed by atoms with Crippen LogP contribution in [0, 0.1) is 5.92 Å². The summed E-state index contributed by atoms with van der Waals surface area (Å²) in [6.45, 7) is 1.08. The highest BCUT2D eigenvalue weighted by atomic mass is 35.5. The van der Waals surface area contributed by atoms with Crippen molar-refractivity contribution in [3.63, 3.8) is 0 Å². The van der Waals surface area contributed by atoms with E-state index in [2.05, 4.69) is 216 Å². The second kappa shape index (κ2) is 28.1. The summed E-state index contributed by atoms with van der Waals surface area (Å²) in [5, 5.41) is 12.5. The van der Waals surface area contributed by atoms with Gasteiger partial charge in [0.25, 0.3) is 5.97 Å². The highest BCUT2D eigenvalue weighted by Gasteiger charge is 2.48. The molecule has 0 spiro atoms. The first-order chi connectivity index (χ1) is 49.7. The largest absolute Gasteiger partial charge is 0.481 e. The summed E-state index contributed by atoms with van der Waals surface area (Å²) in [6.07, 6.45) is 2.60. The van der Waals surface area contributed by atoms with Crippen molar-refractivity contribution in [2.24, 2.45) is 5.92 Å². The van der Waals surface area contributed by atoms with Gasteiger partial charge in [-0.2, -0.15) is 0 Å². The summed E-state index contributed by atoms with van der Waals surface area (Å²) < 4.78 is 0. The molecular weight excluding hydrogens is 1320 g/mol. The van der Waals surface area contributed by atoms with Crippen LogP contribution < -0.4 is 0 Å². The van der Waals surface area contributed by atoms with Crippen molar-refractivity contribution in [2.75, 3.05) is 14.1 Å². The van der Waals surface area contributed by atoms with Gasteiger partial charge in [0.2, 0.25) is 11.8 Å². The van der Waals surface area contributed by atoms with Crippen LogP contribution in [0.25, 0.3) is 133 Å². The summed E-state index contributed by atoms with van der Waals surface area (Å²) >= 11 is 21.2. The smallest absolute Gasteiger partial charge is 0.332 e. The Morgan fingerprint density at radius 3 is 1.28 bits per heavy atom. The van der Waals surface area contributed by atoms with Crippen molar-refractivity contribution in [2.45, 2.75) is 19.3 Å². The van der Waals surface area contributed by atoms with Crippen molar-refractivity contribution >= 4 is 91.3 Å². The van der Waals surface area contributed by atoms with E-state index < -0.39 is 35.7 Å². The summed E-state index contributed by atoms with van der Waals surface area (Å²) in [4.78, 5) is 57.9. The number of nitrogens with zero attached hydrogens (tertiary/aromatic N) is 2. The second-order valence-electron chi connectivity index (χ2n) is 25.6. The number of nitrogens with one attached hydrogen (secondary N) is 2. The Balaban J connectivity index is 0.000000167. The fourth-order valence-electron chi connectivity index (χ4n) is 14.9. The molecule has 0 bridgehead atoms. The lowest BCUT2D eigenvalue weighted by Crippen LogP contribution is -2.58. The molecule has 102 heavy (non-hydrogen) atoms. The van der Waals surface area contributed by atoms with Gasteiger partial charge in [0.05, 0.1) is 5.52 Å². The topological polar surface area (TPSA) is 127 Å². The number of aromatic nitrogens is 2. The van der Waals surface area contributed by atoms with Gasteiger partial charge in [-0.25, -0.2) is 4.79 Å². The highest BCUT2D eigenvalue weighted by Crippen LogP contribution is 2.56. The zero-order valence-electron chi connectivity index (χ0n) is 55.8. The fraction of sp³-hybridized carbons (Fsp3) is 0.0667. The van der Waals surface area contributed by atoms with Crippen LogP contribution in [-0.4, -0.2) is 62.8 Å². The van der Waals surface area contributed by atoms with Crippen LogP contribution in [0.4, 0.5) is 4.79 Å². The zero-order chi connectivity index (χ0) is 70.3. The fourth-order valence-corrected chi connectivity index (χ4v) is 15.6. The molecule has 1 fully saturated rings. The third-order valence-electron chi connectivity index (χ3n) is 19.5. The van der Waals surface area contributed by atoms with Gasteiger partial charge in [-0.15, -0.1) is 0 Å². The van der Waals surface area contributed by atoms with Gasteiger partial charge in [0.15, 0.2) is 0 Å². The number of amides is 4. The monoisotopic (exact) mass is 1390 g/mol.